The zero-order chi connectivity index (χ0) is 14.8. The van der Waals surface area contributed by atoms with E-state index in [1.165, 1.54) is 58.3 Å². The van der Waals surface area contributed by atoms with Gasteiger partial charge in [-0.15, -0.1) is 0 Å². The Hall–Kier alpha value is -0.120. The number of nitrogens with zero attached hydrogens (tertiary/aromatic N) is 2. The maximum Gasteiger partial charge on any atom is 0.0580 e. The van der Waals surface area contributed by atoms with Crippen molar-refractivity contribution in [3.63, 3.8) is 0 Å². The van der Waals surface area contributed by atoms with Crippen molar-refractivity contribution in [1.82, 2.24) is 9.80 Å². The van der Waals surface area contributed by atoms with E-state index in [0.717, 1.165) is 30.8 Å². The molecule has 1 N–H and O–H groups in total. The van der Waals surface area contributed by atoms with Crippen molar-refractivity contribution < 1.29 is 5.11 Å². The molecule has 4 atom stereocenters. The normalized spacial score (nSPS) is 39.4. The minimum Gasteiger partial charge on any atom is -0.393 e. The molecule has 0 aromatic rings. The molecule has 3 fully saturated rings. The highest BCUT2D eigenvalue weighted by Crippen LogP contribution is 2.35. The van der Waals surface area contributed by atoms with Gasteiger partial charge in [-0.25, -0.2) is 0 Å². The number of hydrogen-bond donors (Lipinski definition) is 1. The SMILES string of the molecule is CC(C)C1CCC(O)C(CN2CCN3CCCCC3C2)C1. The van der Waals surface area contributed by atoms with Crippen LogP contribution in [0.25, 0.3) is 0 Å². The lowest BCUT2D eigenvalue weighted by atomic mass is 9.74. The molecule has 1 saturated carbocycles. The second kappa shape index (κ2) is 6.97. The van der Waals surface area contributed by atoms with Gasteiger partial charge in [0.2, 0.25) is 0 Å². The van der Waals surface area contributed by atoms with Gasteiger partial charge in [0.15, 0.2) is 0 Å². The Labute approximate surface area is 130 Å². The zero-order valence-corrected chi connectivity index (χ0v) is 14.0. The molecule has 3 heteroatoms. The maximum atomic E-state index is 10.4. The minimum absolute atomic E-state index is 0.0515. The monoisotopic (exact) mass is 294 g/mol. The van der Waals surface area contributed by atoms with E-state index in [9.17, 15) is 5.11 Å². The van der Waals surface area contributed by atoms with Crippen LogP contribution in [0.5, 0.6) is 0 Å². The second-order valence-corrected chi connectivity index (χ2v) is 8.09. The molecular formula is C18H34N2O. The van der Waals surface area contributed by atoms with Crippen molar-refractivity contribution in [2.45, 2.75) is 64.5 Å². The van der Waals surface area contributed by atoms with Crippen LogP contribution in [0.2, 0.25) is 0 Å². The summed E-state index contributed by atoms with van der Waals surface area (Å²) < 4.78 is 0. The van der Waals surface area contributed by atoms with E-state index in [2.05, 4.69) is 23.6 Å². The van der Waals surface area contributed by atoms with Gasteiger partial charge in [0, 0.05) is 32.2 Å². The summed E-state index contributed by atoms with van der Waals surface area (Å²) in [5.74, 6) is 2.12. The molecule has 3 aliphatic rings. The summed E-state index contributed by atoms with van der Waals surface area (Å²) in [6.45, 7) is 10.9. The van der Waals surface area contributed by atoms with E-state index in [1.807, 2.05) is 0 Å². The van der Waals surface area contributed by atoms with Gasteiger partial charge in [-0.1, -0.05) is 20.3 Å². The van der Waals surface area contributed by atoms with Crippen LogP contribution in [0.4, 0.5) is 0 Å². The van der Waals surface area contributed by atoms with Crippen LogP contribution in [-0.4, -0.2) is 59.8 Å². The first-order chi connectivity index (χ1) is 10.1. The van der Waals surface area contributed by atoms with E-state index in [4.69, 9.17) is 0 Å². The largest absolute Gasteiger partial charge is 0.393 e. The van der Waals surface area contributed by atoms with Crippen molar-refractivity contribution in [1.29, 1.82) is 0 Å². The highest BCUT2D eigenvalue weighted by Gasteiger charge is 2.34. The molecule has 0 aromatic carbocycles. The molecule has 0 radical (unpaired) electrons. The van der Waals surface area contributed by atoms with Crippen LogP contribution in [0, 0.1) is 17.8 Å². The summed E-state index contributed by atoms with van der Waals surface area (Å²) in [6, 6.07) is 0.800. The maximum absolute atomic E-state index is 10.4. The van der Waals surface area contributed by atoms with Gasteiger partial charge in [0.05, 0.1) is 6.10 Å². The van der Waals surface area contributed by atoms with Gasteiger partial charge in [-0.05, 0) is 56.4 Å². The lowest BCUT2D eigenvalue weighted by molar-refractivity contribution is -0.00723. The summed E-state index contributed by atoms with van der Waals surface area (Å²) >= 11 is 0. The van der Waals surface area contributed by atoms with Crippen molar-refractivity contribution >= 4 is 0 Å². The molecule has 3 nitrogen and oxygen atoms in total. The fraction of sp³-hybridized carbons (Fsp3) is 1.00. The van der Waals surface area contributed by atoms with Crippen LogP contribution in [-0.2, 0) is 0 Å². The molecule has 0 bridgehead atoms. The Morgan fingerprint density at radius 3 is 2.71 bits per heavy atom. The molecule has 0 aromatic heterocycles. The predicted molar refractivity (Wildman–Crippen MR) is 87.3 cm³/mol. The van der Waals surface area contributed by atoms with Gasteiger partial charge < -0.3 is 10.0 Å². The third-order valence-electron chi connectivity index (χ3n) is 6.34. The smallest absolute Gasteiger partial charge is 0.0580 e. The summed E-state index contributed by atoms with van der Waals surface area (Å²) in [5.41, 5.74) is 0. The standard InChI is InChI=1S/C18H34N2O/c1-14(2)15-6-7-18(21)16(11-15)12-19-9-10-20-8-4-3-5-17(20)13-19/h14-18,21H,3-13H2,1-2H3. The summed E-state index contributed by atoms with van der Waals surface area (Å²) in [6.07, 6.45) is 7.64. The van der Waals surface area contributed by atoms with Crippen LogP contribution in [0.15, 0.2) is 0 Å². The van der Waals surface area contributed by atoms with Gasteiger partial charge in [0.1, 0.15) is 0 Å². The molecule has 2 saturated heterocycles. The summed E-state index contributed by atoms with van der Waals surface area (Å²) in [4.78, 5) is 5.36. The highest BCUT2D eigenvalue weighted by molar-refractivity contribution is 4.88. The second-order valence-electron chi connectivity index (χ2n) is 8.09. The van der Waals surface area contributed by atoms with Gasteiger partial charge in [-0.3, -0.25) is 4.90 Å². The van der Waals surface area contributed by atoms with E-state index in [0.29, 0.717) is 5.92 Å². The molecule has 3 rings (SSSR count). The van der Waals surface area contributed by atoms with E-state index < -0.39 is 0 Å². The quantitative estimate of drug-likeness (QED) is 0.867. The average Bonchev–Trinajstić information content (AvgIpc) is 2.49. The first-order valence-electron chi connectivity index (χ1n) is 9.28. The van der Waals surface area contributed by atoms with Crippen LogP contribution >= 0.6 is 0 Å². The molecule has 4 unspecified atom stereocenters. The first-order valence-corrected chi connectivity index (χ1v) is 9.28. The Bertz CT molecular complexity index is 333. The number of piperidine rings is 1. The molecule has 21 heavy (non-hydrogen) atoms. The molecule has 1 aliphatic carbocycles. The van der Waals surface area contributed by atoms with Crippen molar-refractivity contribution in [3.05, 3.63) is 0 Å². The van der Waals surface area contributed by atoms with Crippen LogP contribution < -0.4 is 0 Å². The minimum atomic E-state index is -0.0515. The van der Waals surface area contributed by atoms with E-state index in [1.54, 1.807) is 0 Å². The third kappa shape index (κ3) is 3.80. The molecular weight excluding hydrogens is 260 g/mol. The molecule has 122 valence electrons. The number of aliphatic hydroxyl groups is 1. The Morgan fingerprint density at radius 1 is 1.05 bits per heavy atom. The lowest BCUT2D eigenvalue weighted by Gasteiger charge is -2.46. The Kier molecular flexibility index (Phi) is 5.23. The Morgan fingerprint density at radius 2 is 1.90 bits per heavy atom. The molecule has 2 heterocycles. The van der Waals surface area contributed by atoms with E-state index >= 15 is 0 Å². The Balaban J connectivity index is 1.53. The first kappa shape index (κ1) is 15.8. The van der Waals surface area contributed by atoms with E-state index in [-0.39, 0.29) is 6.10 Å². The average molecular weight is 294 g/mol. The number of piperazine rings is 1. The third-order valence-corrected chi connectivity index (χ3v) is 6.34. The number of fused-ring (bicyclic) bond motifs is 1. The molecule has 0 amide bonds. The van der Waals surface area contributed by atoms with Crippen LogP contribution in [0.3, 0.4) is 0 Å². The lowest BCUT2D eigenvalue weighted by Crippen LogP contribution is -2.56. The van der Waals surface area contributed by atoms with Gasteiger partial charge >= 0.3 is 0 Å². The van der Waals surface area contributed by atoms with Crippen molar-refractivity contribution in [3.8, 4) is 0 Å². The molecule has 0 spiro atoms. The van der Waals surface area contributed by atoms with Gasteiger partial charge in [0.25, 0.3) is 0 Å². The fourth-order valence-electron chi connectivity index (χ4n) is 4.80. The highest BCUT2D eigenvalue weighted by atomic mass is 16.3. The molecule has 2 aliphatic heterocycles. The van der Waals surface area contributed by atoms with Gasteiger partial charge in [-0.2, -0.15) is 0 Å². The topological polar surface area (TPSA) is 26.7 Å². The number of rotatable bonds is 3. The fourth-order valence-corrected chi connectivity index (χ4v) is 4.80. The summed E-state index contributed by atoms with van der Waals surface area (Å²) in [7, 11) is 0. The number of aliphatic hydroxyl groups excluding tert-OH is 1. The predicted octanol–water partition coefficient (Wildman–Crippen LogP) is 2.59. The van der Waals surface area contributed by atoms with Crippen molar-refractivity contribution in [2.24, 2.45) is 17.8 Å². The summed E-state index contributed by atoms with van der Waals surface area (Å²) in [5, 5.41) is 10.4. The van der Waals surface area contributed by atoms with Crippen LogP contribution in [0.1, 0.15) is 52.4 Å². The number of hydrogen-bond acceptors (Lipinski definition) is 3. The van der Waals surface area contributed by atoms with Crippen molar-refractivity contribution in [2.75, 3.05) is 32.7 Å². The zero-order valence-electron chi connectivity index (χ0n) is 14.0.